The summed E-state index contributed by atoms with van der Waals surface area (Å²) in [4.78, 5) is 12.0. The van der Waals surface area contributed by atoms with Crippen molar-refractivity contribution < 1.29 is 14.6 Å². The van der Waals surface area contributed by atoms with Gasteiger partial charge in [-0.05, 0) is 18.6 Å². The summed E-state index contributed by atoms with van der Waals surface area (Å²) < 4.78 is 4.89. The van der Waals surface area contributed by atoms with Gasteiger partial charge in [0.25, 0.3) is 5.91 Å². The van der Waals surface area contributed by atoms with Gasteiger partial charge in [-0.25, -0.2) is 0 Å². The van der Waals surface area contributed by atoms with Crippen molar-refractivity contribution in [1.29, 1.82) is 0 Å². The summed E-state index contributed by atoms with van der Waals surface area (Å²) in [5, 5.41) is 11.7. The zero-order chi connectivity index (χ0) is 12.8. The number of aryl methyl sites for hydroxylation is 1. The first kappa shape index (κ1) is 13.5. The first-order valence-corrected chi connectivity index (χ1v) is 5.36. The van der Waals surface area contributed by atoms with Crippen LogP contribution in [0.25, 0.3) is 0 Å². The Hall–Kier alpha value is -1.59. The van der Waals surface area contributed by atoms with Crippen LogP contribution < -0.4 is 11.1 Å². The van der Waals surface area contributed by atoms with Crippen LogP contribution in [-0.4, -0.2) is 37.4 Å². The number of rotatable bonds is 5. The molecule has 0 radical (unpaired) electrons. The van der Waals surface area contributed by atoms with Crippen molar-refractivity contribution in [1.82, 2.24) is 5.32 Å². The van der Waals surface area contributed by atoms with E-state index in [0.29, 0.717) is 11.3 Å². The Kier molecular flexibility index (Phi) is 4.93. The summed E-state index contributed by atoms with van der Waals surface area (Å²) >= 11 is 0. The molecule has 17 heavy (non-hydrogen) atoms. The molecule has 0 aromatic heterocycles. The van der Waals surface area contributed by atoms with E-state index in [4.69, 9.17) is 15.6 Å². The number of carbonyl (C=O) groups excluding carboxylic acids is 1. The molecule has 1 amide bonds. The van der Waals surface area contributed by atoms with E-state index in [1.165, 1.54) is 7.11 Å². The van der Waals surface area contributed by atoms with Crippen molar-refractivity contribution in [2.24, 2.45) is 0 Å². The second kappa shape index (κ2) is 6.22. The average molecular weight is 238 g/mol. The van der Waals surface area contributed by atoms with Crippen molar-refractivity contribution in [2.45, 2.75) is 13.0 Å². The van der Waals surface area contributed by atoms with E-state index < -0.39 is 6.04 Å². The van der Waals surface area contributed by atoms with Gasteiger partial charge in [0.2, 0.25) is 0 Å². The summed E-state index contributed by atoms with van der Waals surface area (Å²) in [6.07, 6.45) is 0. The van der Waals surface area contributed by atoms with Crippen molar-refractivity contribution in [2.75, 3.05) is 26.1 Å². The molecule has 1 unspecified atom stereocenters. The van der Waals surface area contributed by atoms with E-state index in [9.17, 15) is 4.79 Å². The second-order valence-corrected chi connectivity index (χ2v) is 3.85. The molecule has 0 aliphatic carbocycles. The van der Waals surface area contributed by atoms with E-state index in [2.05, 4.69) is 5.32 Å². The maximum Gasteiger partial charge on any atom is 0.254 e. The molecule has 0 aliphatic heterocycles. The number of benzene rings is 1. The molecule has 5 nitrogen and oxygen atoms in total. The fourth-order valence-corrected chi connectivity index (χ4v) is 1.60. The number of hydrogen-bond acceptors (Lipinski definition) is 4. The Labute approximate surface area is 101 Å². The summed E-state index contributed by atoms with van der Waals surface area (Å²) in [5.74, 6) is -0.295. The number of aliphatic hydroxyl groups is 1. The average Bonchev–Trinajstić information content (AvgIpc) is 2.28. The third kappa shape index (κ3) is 3.44. The van der Waals surface area contributed by atoms with E-state index >= 15 is 0 Å². The van der Waals surface area contributed by atoms with Gasteiger partial charge in [-0.15, -0.1) is 0 Å². The fraction of sp³-hybridized carbons (Fsp3) is 0.417. The van der Waals surface area contributed by atoms with Crippen molar-refractivity contribution in [3.8, 4) is 0 Å². The maximum atomic E-state index is 12.0. The van der Waals surface area contributed by atoms with Crippen molar-refractivity contribution in [3.63, 3.8) is 0 Å². The van der Waals surface area contributed by atoms with Crippen molar-refractivity contribution >= 4 is 11.6 Å². The molecule has 0 saturated heterocycles. The Morgan fingerprint density at radius 1 is 1.59 bits per heavy atom. The Balaban J connectivity index is 2.82. The molecule has 1 aromatic rings. The number of methoxy groups -OCH3 is 1. The van der Waals surface area contributed by atoms with Crippen LogP contribution in [0.1, 0.15) is 15.9 Å². The first-order valence-electron chi connectivity index (χ1n) is 5.36. The van der Waals surface area contributed by atoms with Gasteiger partial charge in [0.05, 0.1) is 24.8 Å². The summed E-state index contributed by atoms with van der Waals surface area (Å²) in [5.41, 5.74) is 7.44. The minimum atomic E-state index is -0.425. The molecule has 0 heterocycles. The number of carbonyl (C=O) groups is 1. The van der Waals surface area contributed by atoms with Crippen LogP contribution in [0.5, 0.6) is 0 Å². The molecule has 4 N–H and O–H groups in total. The van der Waals surface area contributed by atoms with E-state index in [-0.39, 0.29) is 19.1 Å². The van der Waals surface area contributed by atoms with Gasteiger partial charge in [0.1, 0.15) is 0 Å². The van der Waals surface area contributed by atoms with Crippen LogP contribution in [-0.2, 0) is 4.74 Å². The third-order valence-electron chi connectivity index (χ3n) is 2.46. The van der Waals surface area contributed by atoms with Gasteiger partial charge in [0, 0.05) is 12.8 Å². The fourth-order valence-electron chi connectivity index (χ4n) is 1.60. The van der Waals surface area contributed by atoms with E-state index in [1.54, 1.807) is 12.1 Å². The number of aliphatic hydroxyl groups excluding tert-OH is 1. The Morgan fingerprint density at radius 2 is 2.29 bits per heavy atom. The van der Waals surface area contributed by atoms with Gasteiger partial charge in [0.15, 0.2) is 0 Å². The number of ether oxygens (including phenoxy) is 1. The van der Waals surface area contributed by atoms with Crippen molar-refractivity contribution in [3.05, 3.63) is 29.3 Å². The highest BCUT2D eigenvalue weighted by atomic mass is 16.5. The number of anilines is 1. The number of hydrogen-bond donors (Lipinski definition) is 3. The van der Waals surface area contributed by atoms with Gasteiger partial charge in [-0.3, -0.25) is 4.79 Å². The van der Waals surface area contributed by atoms with Crippen LogP contribution in [0.4, 0.5) is 5.69 Å². The lowest BCUT2D eigenvalue weighted by molar-refractivity contribution is 0.0840. The SMILES string of the molecule is COCC(CO)NC(=O)c1c(C)cccc1N. The molecule has 0 fully saturated rings. The van der Waals surface area contributed by atoms with Crippen LogP contribution in [0.15, 0.2) is 18.2 Å². The number of nitrogens with one attached hydrogen (secondary N) is 1. The first-order chi connectivity index (χ1) is 8.10. The zero-order valence-electron chi connectivity index (χ0n) is 10.1. The van der Waals surface area contributed by atoms with Crippen LogP contribution >= 0.6 is 0 Å². The third-order valence-corrected chi connectivity index (χ3v) is 2.46. The maximum absolute atomic E-state index is 12.0. The lowest BCUT2D eigenvalue weighted by Crippen LogP contribution is -2.41. The van der Waals surface area contributed by atoms with Gasteiger partial charge in [-0.2, -0.15) is 0 Å². The van der Waals surface area contributed by atoms with E-state index in [1.807, 2.05) is 13.0 Å². The Bertz CT molecular complexity index is 373. The number of nitrogens with two attached hydrogens (primary N) is 1. The standard InChI is InChI=1S/C12H18N2O3/c1-8-4-3-5-10(13)11(8)12(16)14-9(6-15)7-17-2/h3-5,9,15H,6-7,13H2,1-2H3,(H,14,16). The van der Waals surface area contributed by atoms with Gasteiger partial charge < -0.3 is 20.9 Å². The normalized spacial score (nSPS) is 12.2. The van der Waals surface area contributed by atoms with E-state index in [0.717, 1.165) is 5.56 Å². The molecule has 1 rings (SSSR count). The minimum Gasteiger partial charge on any atom is -0.398 e. The molecule has 5 heteroatoms. The molecule has 0 bridgehead atoms. The second-order valence-electron chi connectivity index (χ2n) is 3.85. The monoisotopic (exact) mass is 238 g/mol. The molecular weight excluding hydrogens is 220 g/mol. The zero-order valence-corrected chi connectivity index (χ0v) is 10.1. The highest BCUT2D eigenvalue weighted by molar-refractivity contribution is 6.00. The largest absolute Gasteiger partial charge is 0.398 e. The lowest BCUT2D eigenvalue weighted by Gasteiger charge is -2.17. The predicted octanol–water partition coefficient (Wildman–Crippen LogP) is 0.314. The number of nitrogen functional groups attached to an aromatic ring is 1. The highest BCUT2D eigenvalue weighted by Crippen LogP contribution is 2.15. The summed E-state index contributed by atoms with van der Waals surface area (Å²) in [6.45, 7) is 1.90. The number of amides is 1. The van der Waals surface area contributed by atoms with Gasteiger partial charge >= 0.3 is 0 Å². The quantitative estimate of drug-likeness (QED) is 0.645. The topological polar surface area (TPSA) is 84.6 Å². The van der Waals surface area contributed by atoms with Crippen LogP contribution in [0, 0.1) is 6.92 Å². The highest BCUT2D eigenvalue weighted by Gasteiger charge is 2.16. The predicted molar refractivity (Wildman–Crippen MR) is 65.8 cm³/mol. The smallest absolute Gasteiger partial charge is 0.254 e. The minimum absolute atomic E-state index is 0.175. The molecule has 94 valence electrons. The molecule has 0 spiro atoms. The van der Waals surface area contributed by atoms with Crippen LogP contribution in [0.3, 0.4) is 0 Å². The molecule has 0 aliphatic rings. The molecular formula is C12H18N2O3. The molecule has 0 saturated carbocycles. The van der Waals surface area contributed by atoms with Gasteiger partial charge in [-0.1, -0.05) is 12.1 Å². The molecule has 1 aromatic carbocycles. The Morgan fingerprint density at radius 3 is 2.82 bits per heavy atom. The van der Waals surface area contributed by atoms with Crippen LogP contribution in [0.2, 0.25) is 0 Å². The summed E-state index contributed by atoms with van der Waals surface area (Å²) in [6, 6.07) is 4.86. The molecule has 1 atom stereocenters. The summed E-state index contributed by atoms with van der Waals surface area (Å²) in [7, 11) is 1.51. The lowest BCUT2D eigenvalue weighted by atomic mass is 10.1.